The van der Waals surface area contributed by atoms with E-state index in [1.54, 1.807) is 24.3 Å². The molecule has 0 bridgehead atoms. The molecule has 3 heterocycles. The Balaban J connectivity index is 1.49. The van der Waals surface area contributed by atoms with Gasteiger partial charge in [0.05, 0.1) is 23.0 Å². The molecular weight excluding hydrogens is 418 g/mol. The van der Waals surface area contributed by atoms with E-state index in [4.69, 9.17) is 5.26 Å². The zero-order chi connectivity index (χ0) is 22.0. The second-order valence-electron chi connectivity index (χ2n) is 8.50. The van der Waals surface area contributed by atoms with Crippen molar-refractivity contribution >= 4 is 21.4 Å². The van der Waals surface area contributed by atoms with Crippen molar-refractivity contribution < 1.29 is 13.2 Å². The number of amides is 1. The first-order valence-corrected chi connectivity index (χ1v) is 12.5. The molecule has 4 unspecified atom stereocenters. The molecule has 3 saturated heterocycles. The minimum Gasteiger partial charge on any atom is -0.369 e. The summed E-state index contributed by atoms with van der Waals surface area (Å²) in [6, 6.07) is 8.77. The number of sulfone groups is 1. The summed E-state index contributed by atoms with van der Waals surface area (Å²) in [6.07, 6.45) is 3.29. The van der Waals surface area contributed by atoms with Gasteiger partial charge in [0.1, 0.15) is 6.29 Å². The molecule has 3 aliphatic rings. The molecule has 4 atom stereocenters. The summed E-state index contributed by atoms with van der Waals surface area (Å²) >= 11 is 0. The summed E-state index contributed by atoms with van der Waals surface area (Å²) in [7, 11) is -3.27. The Kier molecular flexibility index (Phi) is 6.45. The van der Waals surface area contributed by atoms with E-state index in [2.05, 4.69) is 37.8 Å². The Morgan fingerprint density at radius 2 is 1.90 bits per heavy atom. The van der Waals surface area contributed by atoms with E-state index < -0.39 is 9.84 Å². The van der Waals surface area contributed by atoms with Crippen LogP contribution in [0.2, 0.25) is 0 Å². The van der Waals surface area contributed by atoms with Crippen molar-refractivity contribution in [1.29, 1.82) is 5.26 Å². The highest BCUT2D eigenvalue weighted by Crippen LogP contribution is 2.25. The molecule has 4 rings (SSSR count). The molecule has 31 heavy (non-hydrogen) atoms. The van der Waals surface area contributed by atoms with Gasteiger partial charge < -0.3 is 5.32 Å². The quantitative estimate of drug-likeness (QED) is 0.406. The molecule has 168 valence electrons. The molecule has 0 aliphatic carbocycles. The molecule has 1 amide bonds. The molecule has 3 aliphatic heterocycles. The van der Waals surface area contributed by atoms with Gasteiger partial charge in [-0.1, -0.05) is 0 Å². The molecule has 1 aromatic rings. The number of rotatable bonds is 5. The van der Waals surface area contributed by atoms with Crippen LogP contribution in [-0.4, -0.2) is 63.6 Å². The largest absolute Gasteiger partial charge is 0.369 e. The highest BCUT2D eigenvalue weighted by molar-refractivity contribution is 7.90. The van der Waals surface area contributed by atoms with Crippen molar-refractivity contribution in [2.75, 3.05) is 31.2 Å². The van der Waals surface area contributed by atoms with Gasteiger partial charge in [0.15, 0.2) is 9.84 Å². The van der Waals surface area contributed by atoms with Crippen LogP contribution < -0.4 is 26.8 Å². The van der Waals surface area contributed by atoms with Crippen LogP contribution in [-0.2, 0) is 14.6 Å². The topological polar surface area (TPSA) is 138 Å². The molecule has 0 aromatic heterocycles. The number of carbonyl (C=O) groups is 1. The van der Waals surface area contributed by atoms with Gasteiger partial charge in [0.25, 0.3) is 0 Å². The van der Waals surface area contributed by atoms with E-state index in [9.17, 15) is 13.2 Å². The lowest BCUT2D eigenvalue weighted by Gasteiger charge is -2.49. The summed E-state index contributed by atoms with van der Waals surface area (Å²) < 4.78 is 23.4. The zero-order valence-corrected chi connectivity index (χ0v) is 18.3. The Morgan fingerprint density at radius 3 is 2.55 bits per heavy atom. The first kappa shape index (κ1) is 22.0. The number of piperidine rings is 1. The van der Waals surface area contributed by atoms with Gasteiger partial charge >= 0.3 is 0 Å². The zero-order valence-electron chi connectivity index (χ0n) is 17.5. The van der Waals surface area contributed by atoms with Crippen molar-refractivity contribution in [1.82, 2.24) is 26.4 Å². The number of hydrogen-bond donors (Lipinski definition) is 5. The fraction of sp³-hybridized carbons (Fsp3) is 0.600. The van der Waals surface area contributed by atoms with E-state index in [1.807, 2.05) is 0 Å². The average molecular weight is 448 g/mol. The van der Waals surface area contributed by atoms with Crippen LogP contribution in [0.3, 0.4) is 0 Å². The maximum atomic E-state index is 12.6. The van der Waals surface area contributed by atoms with Crippen molar-refractivity contribution in [2.45, 2.75) is 42.7 Å². The van der Waals surface area contributed by atoms with Crippen LogP contribution in [0.15, 0.2) is 29.2 Å². The third-order valence-electron chi connectivity index (χ3n) is 6.34. The molecule has 1 aromatic carbocycles. The van der Waals surface area contributed by atoms with Crippen molar-refractivity contribution in [3.05, 3.63) is 24.3 Å². The number of nitriles is 1. The predicted molar refractivity (Wildman–Crippen MR) is 115 cm³/mol. The number of carbonyl (C=O) groups excluding carboxylic acids is 1. The van der Waals surface area contributed by atoms with Gasteiger partial charge in [0, 0.05) is 44.0 Å². The number of fused-ring (bicyclic) bond motifs is 1. The first-order chi connectivity index (χ1) is 14.8. The standard InChI is InChI=1S/C20H29N7O3S/c1-31(29,30)15-4-2-14(3-5-15)23-18-17-16(12-22-26-19(17)28)24-20(25-18)27-10-7-13(6-9-21)8-11-27/h2-5,13,16-18,20,22-25H,6-8,10-12H2,1H3,(H,26,28). The molecule has 10 nitrogen and oxygen atoms in total. The highest BCUT2D eigenvalue weighted by atomic mass is 32.2. The summed E-state index contributed by atoms with van der Waals surface area (Å²) in [5, 5.41) is 19.4. The molecule has 0 radical (unpaired) electrons. The monoisotopic (exact) mass is 447 g/mol. The fourth-order valence-corrected chi connectivity index (χ4v) is 5.21. The maximum Gasteiger partial charge on any atom is 0.242 e. The second-order valence-corrected chi connectivity index (χ2v) is 10.5. The summed E-state index contributed by atoms with van der Waals surface area (Å²) in [4.78, 5) is 15.2. The Bertz CT molecular complexity index is 939. The van der Waals surface area contributed by atoms with Crippen molar-refractivity contribution in [3.8, 4) is 6.07 Å². The van der Waals surface area contributed by atoms with Gasteiger partial charge in [-0.25, -0.2) is 13.8 Å². The molecule has 0 saturated carbocycles. The Labute approximate surface area is 182 Å². The average Bonchev–Trinajstić information content (AvgIpc) is 2.74. The van der Waals surface area contributed by atoms with Crippen LogP contribution in [0.4, 0.5) is 5.69 Å². The fourth-order valence-electron chi connectivity index (χ4n) is 4.58. The van der Waals surface area contributed by atoms with Gasteiger partial charge in [-0.15, -0.1) is 0 Å². The third kappa shape index (κ3) is 4.99. The van der Waals surface area contributed by atoms with Crippen molar-refractivity contribution in [3.63, 3.8) is 0 Å². The molecule has 0 spiro atoms. The minimum atomic E-state index is -3.27. The van der Waals surface area contributed by atoms with Crippen LogP contribution >= 0.6 is 0 Å². The minimum absolute atomic E-state index is 0.0652. The van der Waals surface area contributed by atoms with Gasteiger partial charge in [-0.05, 0) is 43.0 Å². The second kappa shape index (κ2) is 9.10. The highest BCUT2D eigenvalue weighted by Gasteiger charge is 2.45. The molecule has 5 N–H and O–H groups in total. The number of benzene rings is 1. The lowest BCUT2D eigenvalue weighted by Crippen LogP contribution is -2.77. The number of likely N-dealkylation sites (tertiary alicyclic amines) is 1. The third-order valence-corrected chi connectivity index (χ3v) is 7.47. The molecular formula is C20H29N7O3S. The van der Waals surface area contributed by atoms with Crippen LogP contribution in [0.1, 0.15) is 19.3 Å². The van der Waals surface area contributed by atoms with E-state index >= 15 is 0 Å². The number of nitrogens with zero attached hydrogens (tertiary/aromatic N) is 2. The van der Waals surface area contributed by atoms with E-state index in [-0.39, 0.29) is 35.2 Å². The number of hydrogen-bond acceptors (Lipinski definition) is 9. The normalized spacial score (nSPS) is 30.1. The Hall–Kier alpha value is -2.23. The lowest BCUT2D eigenvalue weighted by molar-refractivity contribution is -0.132. The summed E-state index contributed by atoms with van der Waals surface area (Å²) in [5.74, 6) is -0.00195. The van der Waals surface area contributed by atoms with E-state index in [0.717, 1.165) is 31.6 Å². The first-order valence-electron chi connectivity index (χ1n) is 10.6. The van der Waals surface area contributed by atoms with Crippen LogP contribution in [0, 0.1) is 23.2 Å². The maximum absolute atomic E-state index is 12.6. The Morgan fingerprint density at radius 1 is 1.19 bits per heavy atom. The summed E-state index contributed by atoms with van der Waals surface area (Å²) in [5.41, 5.74) is 6.40. The SMILES string of the molecule is CS(=O)(=O)c1ccc(NC2NC(N3CCC(CC#N)CC3)NC3CNNC(=O)C32)cc1. The van der Waals surface area contributed by atoms with Gasteiger partial charge in [-0.3, -0.25) is 25.8 Å². The van der Waals surface area contributed by atoms with Crippen LogP contribution in [0.5, 0.6) is 0 Å². The number of nitrogens with one attached hydrogen (secondary N) is 5. The molecule has 11 heteroatoms. The van der Waals surface area contributed by atoms with Crippen molar-refractivity contribution in [2.24, 2.45) is 11.8 Å². The van der Waals surface area contributed by atoms with Gasteiger partial charge in [0.2, 0.25) is 5.91 Å². The smallest absolute Gasteiger partial charge is 0.242 e. The predicted octanol–water partition coefficient (Wildman–Crippen LogP) is -0.451. The van der Waals surface area contributed by atoms with E-state index in [0.29, 0.717) is 18.9 Å². The number of hydrazine groups is 1. The molecule has 3 fully saturated rings. The lowest BCUT2D eigenvalue weighted by atomic mass is 9.90. The summed E-state index contributed by atoms with van der Waals surface area (Å²) in [6.45, 7) is 2.36. The van der Waals surface area contributed by atoms with Crippen LogP contribution in [0.25, 0.3) is 0 Å². The van der Waals surface area contributed by atoms with E-state index in [1.165, 1.54) is 6.26 Å². The number of anilines is 1. The van der Waals surface area contributed by atoms with Gasteiger partial charge in [-0.2, -0.15) is 5.26 Å².